The van der Waals surface area contributed by atoms with Gasteiger partial charge in [-0.2, -0.15) is 9.97 Å². The number of morpholine rings is 1. The van der Waals surface area contributed by atoms with Gasteiger partial charge in [0.1, 0.15) is 22.9 Å². The van der Waals surface area contributed by atoms with E-state index in [1.807, 2.05) is 6.92 Å². The molecule has 9 heteroatoms. The van der Waals surface area contributed by atoms with Crippen LogP contribution in [-0.4, -0.2) is 72.0 Å². The Morgan fingerprint density at radius 3 is 2.77 bits per heavy atom. The highest BCUT2D eigenvalue weighted by atomic mass is 19.1. The molecular formula is C35H36F2N4O3. The largest absolute Gasteiger partial charge is 0.508 e. The smallest absolute Gasteiger partial charge is 0.319 e. The molecule has 1 aliphatic carbocycles. The second-order valence-electron chi connectivity index (χ2n) is 12.6. The molecule has 44 heavy (non-hydrogen) atoms. The number of phenolic OH excluding ortho intramolecular Hbond substituents is 1. The molecule has 2 aliphatic heterocycles. The lowest BCUT2D eigenvalue weighted by Crippen LogP contribution is -2.50. The summed E-state index contributed by atoms with van der Waals surface area (Å²) in [6, 6.07) is 9.67. The molecule has 3 heterocycles. The number of rotatable bonds is 5. The van der Waals surface area contributed by atoms with Crippen molar-refractivity contribution in [3.8, 4) is 35.2 Å². The predicted molar refractivity (Wildman–Crippen MR) is 167 cm³/mol. The molecule has 228 valence electrons. The fourth-order valence-corrected chi connectivity index (χ4v) is 7.82. The first kappa shape index (κ1) is 28.8. The van der Waals surface area contributed by atoms with Crippen molar-refractivity contribution in [2.75, 3.05) is 44.9 Å². The van der Waals surface area contributed by atoms with Gasteiger partial charge in [0.05, 0.1) is 31.4 Å². The fourth-order valence-electron chi connectivity index (χ4n) is 7.82. The zero-order chi connectivity index (χ0) is 30.6. The Morgan fingerprint density at radius 2 is 1.95 bits per heavy atom. The van der Waals surface area contributed by atoms with E-state index in [4.69, 9.17) is 20.9 Å². The van der Waals surface area contributed by atoms with Gasteiger partial charge in [-0.05, 0) is 81.4 Å². The van der Waals surface area contributed by atoms with Crippen molar-refractivity contribution >= 4 is 27.5 Å². The highest BCUT2D eigenvalue weighted by Crippen LogP contribution is 2.47. The minimum absolute atomic E-state index is 0.00867. The molecule has 3 aliphatic rings. The van der Waals surface area contributed by atoms with Crippen LogP contribution in [0, 0.1) is 29.4 Å². The van der Waals surface area contributed by atoms with Crippen LogP contribution in [0.5, 0.6) is 11.8 Å². The van der Waals surface area contributed by atoms with Gasteiger partial charge in [0, 0.05) is 34.3 Å². The molecule has 7 rings (SSSR count). The normalized spacial score (nSPS) is 24.0. The summed E-state index contributed by atoms with van der Waals surface area (Å²) in [6.07, 6.45) is 11.3. The summed E-state index contributed by atoms with van der Waals surface area (Å²) in [5, 5.41) is 11.9. The zero-order valence-electron chi connectivity index (χ0n) is 25.1. The van der Waals surface area contributed by atoms with Crippen molar-refractivity contribution in [3.05, 3.63) is 53.6 Å². The number of aromatic nitrogens is 2. The van der Waals surface area contributed by atoms with Crippen molar-refractivity contribution in [1.29, 1.82) is 0 Å². The Bertz CT molecular complexity index is 1810. The molecule has 1 N–H and O–H groups in total. The molecule has 0 radical (unpaired) electrons. The Morgan fingerprint density at radius 1 is 1.11 bits per heavy atom. The van der Waals surface area contributed by atoms with Crippen LogP contribution in [0.4, 0.5) is 14.6 Å². The minimum Gasteiger partial charge on any atom is -0.508 e. The maximum Gasteiger partial charge on any atom is 0.319 e. The van der Waals surface area contributed by atoms with Crippen molar-refractivity contribution in [2.24, 2.45) is 5.41 Å². The van der Waals surface area contributed by atoms with Crippen LogP contribution in [-0.2, 0) is 4.74 Å². The SMILES string of the molecule is C#Cc1c(F)ccc2cc(O)cc(-c3ccc4c(N5CCOC[C@H]5C)nc(OC[C@]56CCC[C@H]5N(C)CCC6)nc4c3F)c12. The summed E-state index contributed by atoms with van der Waals surface area (Å²) in [5.41, 5.74) is 0.558. The molecular weight excluding hydrogens is 562 g/mol. The van der Waals surface area contributed by atoms with Gasteiger partial charge in [0.15, 0.2) is 5.82 Å². The van der Waals surface area contributed by atoms with Crippen molar-refractivity contribution in [2.45, 2.75) is 51.1 Å². The van der Waals surface area contributed by atoms with Gasteiger partial charge in [-0.3, -0.25) is 0 Å². The molecule has 3 fully saturated rings. The number of hydrogen-bond donors (Lipinski definition) is 1. The average molecular weight is 599 g/mol. The number of aromatic hydroxyl groups is 1. The van der Waals surface area contributed by atoms with E-state index in [2.05, 4.69) is 27.8 Å². The number of fused-ring (bicyclic) bond motifs is 3. The summed E-state index contributed by atoms with van der Waals surface area (Å²) in [7, 11) is 2.19. The Hall–Kier alpha value is -4.00. The number of nitrogens with zero attached hydrogens (tertiary/aromatic N) is 4. The van der Waals surface area contributed by atoms with Crippen LogP contribution in [0.1, 0.15) is 44.6 Å². The summed E-state index contributed by atoms with van der Waals surface area (Å²) in [5.74, 6) is 1.70. The molecule has 0 unspecified atom stereocenters. The first-order chi connectivity index (χ1) is 21.3. The van der Waals surface area contributed by atoms with E-state index < -0.39 is 11.6 Å². The Labute approximate surface area is 255 Å². The third-order valence-electron chi connectivity index (χ3n) is 9.96. The lowest BCUT2D eigenvalue weighted by molar-refractivity contribution is 0.0133. The van der Waals surface area contributed by atoms with Gasteiger partial charge in [-0.15, -0.1) is 6.42 Å². The van der Waals surface area contributed by atoms with Crippen molar-refractivity contribution < 1.29 is 23.4 Å². The van der Waals surface area contributed by atoms with E-state index >= 15 is 4.39 Å². The van der Waals surface area contributed by atoms with Crippen LogP contribution >= 0.6 is 0 Å². The van der Waals surface area contributed by atoms with Crippen LogP contribution in [0.15, 0.2) is 36.4 Å². The topological polar surface area (TPSA) is 71.0 Å². The van der Waals surface area contributed by atoms with Gasteiger partial charge in [-0.25, -0.2) is 8.78 Å². The Balaban J connectivity index is 1.38. The van der Waals surface area contributed by atoms with Gasteiger partial charge in [-0.1, -0.05) is 24.5 Å². The van der Waals surface area contributed by atoms with E-state index in [0.29, 0.717) is 54.4 Å². The lowest BCUT2D eigenvalue weighted by atomic mass is 9.76. The van der Waals surface area contributed by atoms with Gasteiger partial charge in [0.2, 0.25) is 0 Å². The molecule has 3 aromatic carbocycles. The summed E-state index contributed by atoms with van der Waals surface area (Å²) >= 11 is 0. The van der Waals surface area contributed by atoms with Crippen molar-refractivity contribution in [3.63, 3.8) is 0 Å². The van der Waals surface area contributed by atoms with Crippen LogP contribution in [0.2, 0.25) is 0 Å². The first-order valence-corrected chi connectivity index (χ1v) is 15.4. The quantitative estimate of drug-likeness (QED) is 0.271. The number of phenols is 1. The summed E-state index contributed by atoms with van der Waals surface area (Å²) < 4.78 is 43.7. The lowest BCUT2D eigenvalue weighted by Gasteiger charge is -2.44. The predicted octanol–water partition coefficient (Wildman–Crippen LogP) is 6.28. The van der Waals surface area contributed by atoms with Gasteiger partial charge >= 0.3 is 6.01 Å². The van der Waals surface area contributed by atoms with Crippen LogP contribution in [0.3, 0.4) is 0 Å². The summed E-state index contributed by atoms with van der Waals surface area (Å²) in [6.45, 7) is 5.24. The molecule has 0 bridgehead atoms. The molecule has 3 atom stereocenters. The Kier molecular flexibility index (Phi) is 7.30. The molecule has 7 nitrogen and oxygen atoms in total. The number of likely N-dealkylation sites (tertiary alicyclic amines) is 1. The number of anilines is 1. The number of hydrogen-bond acceptors (Lipinski definition) is 7. The molecule has 1 aromatic heterocycles. The van der Waals surface area contributed by atoms with E-state index in [-0.39, 0.29) is 45.4 Å². The minimum atomic E-state index is -0.620. The zero-order valence-corrected chi connectivity index (χ0v) is 25.1. The molecule has 0 spiro atoms. The van der Waals surface area contributed by atoms with Gasteiger partial charge < -0.3 is 24.4 Å². The molecule has 2 saturated heterocycles. The second-order valence-corrected chi connectivity index (χ2v) is 12.6. The van der Waals surface area contributed by atoms with E-state index in [1.54, 1.807) is 12.1 Å². The third-order valence-corrected chi connectivity index (χ3v) is 9.96. The van der Waals surface area contributed by atoms with Crippen molar-refractivity contribution in [1.82, 2.24) is 14.9 Å². The number of ether oxygens (including phenoxy) is 2. The molecule has 4 aromatic rings. The molecule has 0 amide bonds. The number of terminal acetylenes is 1. The average Bonchev–Trinajstić information content (AvgIpc) is 3.46. The first-order valence-electron chi connectivity index (χ1n) is 15.4. The third kappa shape index (κ3) is 4.72. The summed E-state index contributed by atoms with van der Waals surface area (Å²) in [4.78, 5) is 14.1. The fraction of sp³-hybridized carbons (Fsp3) is 0.429. The number of halogens is 2. The van der Waals surface area contributed by atoms with E-state index in [9.17, 15) is 9.50 Å². The second kappa shape index (κ2) is 11.2. The highest BCUT2D eigenvalue weighted by Gasteiger charge is 2.47. The van der Waals surface area contributed by atoms with Crippen LogP contribution < -0.4 is 9.64 Å². The monoisotopic (exact) mass is 598 g/mol. The number of benzene rings is 3. The number of piperidine rings is 1. The van der Waals surface area contributed by atoms with E-state index in [1.165, 1.54) is 24.3 Å². The van der Waals surface area contributed by atoms with E-state index in [0.717, 1.165) is 38.6 Å². The standard InChI is InChI=1S/C35H36F2N4O3/c1-4-24-28(36)11-8-22-17-23(42)18-27(30(22)24)25-9-10-26-32(31(25)37)38-34(39-33(26)41-15-16-43-19-21(41)2)44-20-35-12-5-7-29(35)40(3)14-6-13-35/h1,8-11,17-18,21,29,42H,5-7,12-16,19-20H2,2-3H3/t21-,29-,35-/m1/s1. The van der Waals surface area contributed by atoms with Crippen LogP contribution in [0.25, 0.3) is 32.8 Å². The maximum atomic E-state index is 16.8. The maximum absolute atomic E-state index is 16.8. The molecule has 1 saturated carbocycles. The van der Waals surface area contributed by atoms with Gasteiger partial charge in [0.25, 0.3) is 0 Å². The highest BCUT2D eigenvalue weighted by molar-refractivity contribution is 6.04.